The maximum Gasteiger partial charge on any atom is 0.261 e. The summed E-state index contributed by atoms with van der Waals surface area (Å²) in [6, 6.07) is 7.88. The maximum atomic E-state index is 12.8. The lowest BCUT2D eigenvalue weighted by molar-refractivity contribution is 0.316. The zero-order chi connectivity index (χ0) is 13.7. The third-order valence-electron chi connectivity index (χ3n) is 5.03. The van der Waals surface area contributed by atoms with Crippen LogP contribution in [0, 0.1) is 11.8 Å². The second-order valence-corrected chi connectivity index (χ2v) is 6.36. The van der Waals surface area contributed by atoms with Crippen LogP contribution in [0.3, 0.4) is 0 Å². The van der Waals surface area contributed by atoms with Gasteiger partial charge in [0.15, 0.2) is 0 Å². The minimum Gasteiger partial charge on any atom is -0.292 e. The van der Waals surface area contributed by atoms with E-state index in [0.717, 1.165) is 23.7 Å². The SMILES string of the molecule is O=c1c2ccccc2nc(CCl)n1C1CC2CCC1C2. The predicted octanol–water partition coefficient (Wildman–Crippen LogP) is 3.50. The Morgan fingerprint density at radius 2 is 2.10 bits per heavy atom. The molecule has 2 aliphatic carbocycles. The van der Waals surface area contributed by atoms with Crippen LogP contribution < -0.4 is 5.56 Å². The first-order valence-corrected chi connectivity index (χ1v) is 7.87. The molecule has 0 N–H and O–H groups in total. The van der Waals surface area contributed by atoms with Gasteiger partial charge in [0.05, 0.1) is 16.8 Å². The van der Waals surface area contributed by atoms with Crippen molar-refractivity contribution in [3.05, 3.63) is 40.4 Å². The van der Waals surface area contributed by atoms with E-state index in [0.29, 0.717) is 23.2 Å². The fourth-order valence-electron chi connectivity index (χ4n) is 4.16. The van der Waals surface area contributed by atoms with Crippen LogP contribution >= 0.6 is 11.6 Å². The molecule has 0 amide bonds. The van der Waals surface area contributed by atoms with E-state index in [1.165, 1.54) is 19.3 Å². The first kappa shape index (κ1) is 12.4. The highest BCUT2D eigenvalue weighted by Crippen LogP contribution is 2.50. The molecule has 2 saturated carbocycles. The Labute approximate surface area is 122 Å². The van der Waals surface area contributed by atoms with Gasteiger partial charge in [0.2, 0.25) is 0 Å². The van der Waals surface area contributed by atoms with E-state index < -0.39 is 0 Å². The number of alkyl halides is 1. The molecule has 1 heterocycles. The molecule has 3 atom stereocenters. The molecule has 2 aliphatic rings. The van der Waals surface area contributed by atoms with Gasteiger partial charge in [0, 0.05) is 6.04 Å². The molecule has 3 unspecified atom stereocenters. The molecule has 0 saturated heterocycles. The second-order valence-electron chi connectivity index (χ2n) is 6.10. The Morgan fingerprint density at radius 1 is 1.25 bits per heavy atom. The number of benzene rings is 1. The van der Waals surface area contributed by atoms with E-state index in [2.05, 4.69) is 4.98 Å². The molecule has 1 aromatic carbocycles. The number of halogens is 1. The van der Waals surface area contributed by atoms with Gasteiger partial charge in [-0.15, -0.1) is 11.6 Å². The largest absolute Gasteiger partial charge is 0.292 e. The molecule has 0 aliphatic heterocycles. The van der Waals surface area contributed by atoms with Crippen molar-refractivity contribution in [1.82, 2.24) is 9.55 Å². The Morgan fingerprint density at radius 3 is 2.80 bits per heavy atom. The zero-order valence-electron chi connectivity index (χ0n) is 11.3. The van der Waals surface area contributed by atoms with E-state index in [4.69, 9.17) is 11.6 Å². The lowest BCUT2D eigenvalue weighted by Crippen LogP contribution is -2.31. The summed E-state index contributed by atoms with van der Waals surface area (Å²) in [5.41, 5.74) is 0.844. The van der Waals surface area contributed by atoms with Crippen LogP contribution in [0.4, 0.5) is 0 Å². The van der Waals surface area contributed by atoms with E-state index in [1.54, 1.807) is 0 Å². The summed E-state index contributed by atoms with van der Waals surface area (Å²) in [5.74, 6) is 2.47. The third kappa shape index (κ3) is 1.72. The van der Waals surface area contributed by atoms with E-state index in [9.17, 15) is 4.79 Å². The van der Waals surface area contributed by atoms with Crippen molar-refractivity contribution in [2.45, 2.75) is 37.6 Å². The number of hydrogen-bond donors (Lipinski definition) is 0. The molecule has 2 bridgehead atoms. The van der Waals surface area contributed by atoms with Crippen molar-refractivity contribution in [2.24, 2.45) is 11.8 Å². The summed E-state index contributed by atoms with van der Waals surface area (Å²) in [6.07, 6.45) is 4.96. The summed E-state index contributed by atoms with van der Waals surface area (Å²) in [6.45, 7) is 0. The number of rotatable bonds is 2. The highest BCUT2D eigenvalue weighted by molar-refractivity contribution is 6.16. The monoisotopic (exact) mass is 288 g/mol. The van der Waals surface area contributed by atoms with Crippen LogP contribution in [-0.2, 0) is 5.88 Å². The van der Waals surface area contributed by atoms with Crippen molar-refractivity contribution < 1.29 is 0 Å². The predicted molar refractivity (Wildman–Crippen MR) is 80.0 cm³/mol. The standard InChI is InChI=1S/C16H17ClN2O/c17-9-15-18-13-4-2-1-3-12(13)16(20)19(15)14-8-10-5-6-11(14)7-10/h1-4,10-11,14H,5-9H2. The molecule has 2 fully saturated rings. The maximum absolute atomic E-state index is 12.8. The minimum absolute atomic E-state index is 0.0869. The van der Waals surface area contributed by atoms with E-state index in [-0.39, 0.29) is 5.56 Å². The summed E-state index contributed by atoms with van der Waals surface area (Å²) in [4.78, 5) is 17.4. The Bertz CT molecular complexity index is 724. The molecule has 3 nitrogen and oxygen atoms in total. The normalized spacial score (nSPS) is 28.4. The van der Waals surface area contributed by atoms with Crippen molar-refractivity contribution in [3.63, 3.8) is 0 Å². The van der Waals surface area contributed by atoms with Crippen LogP contribution in [0.25, 0.3) is 10.9 Å². The van der Waals surface area contributed by atoms with Gasteiger partial charge < -0.3 is 0 Å². The zero-order valence-corrected chi connectivity index (χ0v) is 12.0. The number of para-hydroxylation sites is 1. The molecule has 1 aromatic heterocycles. The van der Waals surface area contributed by atoms with Gasteiger partial charge in [-0.25, -0.2) is 4.98 Å². The number of aromatic nitrogens is 2. The molecular formula is C16H17ClN2O. The van der Waals surface area contributed by atoms with Gasteiger partial charge >= 0.3 is 0 Å². The lowest BCUT2D eigenvalue weighted by Gasteiger charge is -2.26. The van der Waals surface area contributed by atoms with Crippen molar-refractivity contribution >= 4 is 22.5 Å². The lowest BCUT2D eigenvalue weighted by atomic mass is 9.95. The smallest absolute Gasteiger partial charge is 0.261 e. The summed E-state index contributed by atoms with van der Waals surface area (Å²) in [5, 5.41) is 0.712. The van der Waals surface area contributed by atoms with Crippen molar-refractivity contribution in [2.75, 3.05) is 0 Å². The van der Waals surface area contributed by atoms with Crippen LogP contribution in [0.15, 0.2) is 29.1 Å². The van der Waals surface area contributed by atoms with E-state index >= 15 is 0 Å². The summed E-state index contributed by atoms with van der Waals surface area (Å²) in [7, 11) is 0. The van der Waals surface area contributed by atoms with E-state index in [1.807, 2.05) is 28.8 Å². The minimum atomic E-state index is 0.0869. The van der Waals surface area contributed by atoms with Gasteiger partial charge in [-0.3, -0.25) is 9.36 Å². The van der Waals surface area contributed by atoms with Gasteiger partial charge in [0.1, 0.15) is 5.82 Å². The molecule has 2 aromatic rings. The molecule has 0 spiro atoms. The van der Waals surface area contributed by atoms with Crippen LogP contribution in [0.2, 0.25) is 0 Å². The Hall–Kier alpha value is -1.35. The molecule has 20 heavy (non-hydrogen) atoms. The van der Waals surface area contributed by atoms with Crippen LogP contribution in [0.5, 0.6) is 0 Å². The topological polar surface area (TPSA) is 34.9 Å². The second kappa shape index (κ2) is 4.59. The first-order valence-electron chi connectivity index (χ1n) is 7.34. The molecule has 4 rings (SSSR count). The van der Waals surface area contributed by atoms with Gasteiger partial charge in [-0.05, 0) is 43.2 Å². The average Bonchev–Trinajstić information content (AvgIpc) is 3.09. The molecule has 104 valence electrons. The molecular weight excluding hydrogens is 272 g/mol. The number of fused-ring (bicyclic) bond motifs is 3. The van der Waals surface area contributed by atoms with Gasteiger partial charge in [0.25, 0.3) is 5.56 Å². The van der Waals surface area contributed by atoms with Gasteiger partial charge in [-0.2, -0.15) is 0 Å². The fourth-order valence-corrected chi connectivity index (χ4v) is 4.34. The Kier molecular flexibility index (Phi) is 2.84. The average molecular weight is 289 g/mol. The number of hydrogen-bond acceptors (Lipinski definition) is 2. The first-order chi connectivity index (χ1) is 9.78. The van der Waals surface area contributed by atoms with Crippen LogP contribution in [-0.4, -0.2) is 9.55 Å². The summed E-state index contributed by atoms with van der Waals surface area (Å²) < 4.78 is 1.90. The van der Waals surface area contributed by atoms with Crippen LogP contribution in [0.1, 0.15) is 37.5 Å². The quantitative estimate of drug-likeness (QED) is 0.793. The molecule has 0 radical (unpaired) electrons. The highest BCUT2D eigenvalue weighted by atomic mass is 35.5. The Balaban J connectivity index is 1.93. The van der Waals surface area contributed by atoms with Crippen molar-refractivity contribution in [3.8, 4) is 0 Å². The highest BCUT2D eigenvalue weighted by Gasteiger charge is 2.41. The van der Waals surface area contributed by atoms with Gasteiger partial charge in [-0.1, -0.05) is 18.6 Å². The fraction of sp³-hybridized carbons (Fsp3) is 0.500. The number of nitrogens with zero attached hydrogens (tertiary/aromatic N) is 2. The van der Waals surface area contributed by atoms with Crippen molar-refractivity contribution in [1.29, 1.82) is 0 Å². The third-order valence-corrected chi connectivity index (χ3v) is 5.27. The molecule has 4 heteroatoms. The summed E-state index contributed by atoms with van der Waals surface area (Å²) >= 11 is 6.06.